The van der Waals surface area contributed by atoms with Gasteiger partial charge in [0, 0.05) is 31.8 Å². The number of esters is 1. The maximum absolute atomic E-state index is 12.0. The normalized spacial score (nSPS) is 10.3. The number of nitriles is 2. The van der Waals surface area contributed by atoms with Gasteiger partial charge in [-0.1, -0.05) is 11.6 Å². The average molecular weight is 364 g/mol. The Morgan fingerprint density at radius 2 is 1.92 bits per heavy atom. The lowest BCUT2D eigenvalue weighted by atomic mass is 10.2. The van der Waals surface area contributed by atoms with E-state index in [9.17, 15) is 9.59 Å². The van der Waals surface area contributed by atoms with E-state index in [0.29, 0.717) is 16.4 Å². The number of hydrogen-bond acceptors (Lipinski definition) is 6. The highest BCUT2D eigenvalue weighted by atomic mass is 35.5. The molecule has 1 rings (SSSR count). The second-order valence-electron chi connectivity index (χ2n) is 5.05. The largest absolute Gasteiger partial charge is 0.452 e. The summed E-state index contributed by atoms with van der Waals surface area (Å²) in [6, 6.07) is 3.86. The lowest BCUT2D eigenvalue weighted by Crippen LogP contribution is -2.36. The topological polar surface area (TPSA) is 112 Å². The molecule has 0 N–H and O–H groups in total. The highest BCUT2D eigenvalue weighted by molar-refractivity contribution is 6.31. The monoisotopic (exact) mass is 363 g/mol. The Balaban J connectivity index is 2.59. The minimum atomic E-state index is -0.701. The van der Waals surface area contributed by atoms with Gasteiger partial charge in [-0.25, -0.2) is 4.79 Å². The number of ether oxygens (including phenoxy) is 1. The second-order valence-corrected chi connectivity index (χ2v) is 5.41. The Labute approximate surface area is 150 Å². The molecule has 0 saturated carbocycles. The van der Waals surface area contributed by atoms with Crippen molar-refractivity contribution in [1.82, 2.24) is 14.7 Å². The Morgan fingerprint density at radius 1 is 1.32 bits per heavy atom. The Hall–Kier alpha value is -2.84. The summed E-state index contributed by atoms with van der Waals surface area (Å²) in [5.74, 6) is -1.16. The van der Waals surface area contributed by atoms with Crippen LogP contribution in [0.2, 0.25) is 5.15 Å². The van der Waals surface area contributed by atoms with Gasteiger partial charge in [-0.15, -0.1) is 0 Å². The molecule has 0 aromatic carbocycles. The predicted octanol–water partition coefficient (Wildman–Crippen LogP) is 1.59. The van der Waals surface area contributed by atoms with Gasteiger partial charge in [0.1, 0.15) is 5.15 Å². The van der Waals surface area contributed by atoms with E-state index in [1.165, 1.54) is 15.7 Å². The molecule has 8 nitrogen and oxygen atoms in total. The van der Waals surface area contributed by atoms with E-state index in [4.69, 9.17) is 26.9 Å². The van der Waals surface area contributed by atoms with E-state index < -0.39 is 18.5 Å². The summed E-state index contributed by atoms with van der Waals surface area (Å²) in [6.07, 6.45) is 2.92. The van der Waals surface area contributed by atoms with Crippen molar-refractivity contribution in [3.63, 3.8) is 0 Å². The van der Waals surface area contributed by atoms with Crippen molar-refractivity contribution in [3.8, 4) is 12.1 Å². The number of aromatic nitrogens is 2. The van der Waals surface area contributed by atoms with Gasteiger partial charge >= 0.3 is 5.97 Å². The number of aryl methyl sites for hydroxylation is 2. The highest BCUT2D eigenvalue weighted by Crippen LogP contribution is 2.19. The van der Waals surface area contributed by atoms with Gasteiger partial charge in [-0.2, -0.15) is 15.6 Å². The molecular weight excluding hydrogens is 346 g/mol. The van der Waals surface area contributed by atoms with E-state index in [2.05, 4.69) is 5.10 Å². The molecule has 0 atom stereocenters. The number of halogens is 1. The lowest BCUT2D eigenvalue weighted by Gasteiger charge is -2.19. The van der Waals surface area contributed by atoms with Crippen LogP contribution >= 0.6 is 11.6 Å². The molecule has 0 spiro atoms. The van der Waals surface area contributed by atoms with Gasteiger partial charge in [0.25, 0.3) is 5.91 Å². The second kappa shape index (κ2) is 10.1. The number of carbonyl (C=O) groups is 2. The first-order chi connectivity index (χ1) is 11.9. The van der Waals surface area contributed by atoms with Crippen molar-refractivity contribution in [1.29, 1.82) is 10.5 Å². The molecule has 0 radical (unpaired) electrons. The van der Waals surface area contributed by atoms with Gasteiger partial charge in [0.05, 0.1) is 30.7 Å². The summed E-state index contributed by atoms with van der Waals surface area (Å²) in [6.45, 7) is 1.67. The van der Waals surface area contributed by atoms with Crippen LogP contribution in [0.3, 0.4) is 0 Å². The molecule has 0 fully saturated rings. The van der Waals surface area contributed by atoms with Crippen LogP contribution < -0.4 is 0 Å². The molecule has 0 bridgehead atoms. The summed E-state index contributed by atoms with van der Waals surface area (Å²) in [5.41, 5.74) is 1.25. The van der Waals surface area contributed by atoms with Gasteiger partial charge in [0.2, 0.25) is 0 Å². The Kier molecular flexibility index (Phi) is 8.17. The zero-order valence-electron chi connectivity index (χ0n) is 14.0. The Bertz CT molecular complexity index is 724. The number of amides is 1. The first-order valence-corrected chi connectivity index (χ1v) is 7.84. The number of carbonyl (C=O) groups excluding carboxylic acids is 2. The van der Waals surface area contributed by atoms with E-state index in [0.717, 1.165) is 6.08 Å². The standard InChI is InChI=1S/C16H18ClN5O3/c1-12-13(16(17)21(2)20-12)5-6-15(24)25-11-14(23)22(9-3-7-18)10-4-8-19/h5-6H,3-4,9-11H2,1-2H3/b6-5+. The molecule has 0 aliphatic heterocycles. The minimum absolute atomic E-state index is 0.143. The zero-order valence-corrected chi connectivity index (χ0v) is 14.8. The van der Waals surface area contributed by atoms with Gasteiger partial charge in [-0.05, 0) is 13.0 Å². The van der Waals surface area contributed by atoms with Crippen LogP contribution in [0.1, 0.15) is 24.1 Å². The molecule has 1 aromatic heterocycles. The predicted molar refractivity (Wildman–Crippen MR) is 90.0 cm³/mol. The third kappa shape index (κ3) is 6.28. The summed E-state index contributed by atoms with van der Waals surface area (Å²) in [5, 5.41) is 21.7. The first-order valence-electron chi connectivity index (χ1n) is 7.46. The third-order valence-corrected chi connectivity index (χ3v) is 3.71. The van der Waals surface area contributed by atoms with Crippen molar-refractivity contribution < 1.29 is 14.3 Å². The van der Waals surface area contributed by atoms with Crippen LogP contribution in [0.4, 0.5) is 0 Å². The minimum Gasteiger partial charge on any atom is -0.452 e. The van der Waals surface area contributed by atoms with Gasteiger partial charge in [-0.3, -0.25) is 9.48 Å². The van der Waals surface area contributed by atoms with Crippen LogP contribution in [0.25, 0.3) is 6.08 Å². The summed E-state index contributed by atoms with van der Waals surface area (Å²) in [4.78, 5) is 25.1. The average Bonchev–Trinajstić information content (AvgIpc) is 2.83. The van der Waals surface area contributed by atoms with Gasteiger partial charge < -0.3 is 9.64 Å². The molecule has 0 aliphatic carbocycles. The fraction of sp³-hybridized carbons (Fsp3) is 0.438. The van der Waals surface area contributed by atoms with Crippen LogP contribution in [0, 0.1) is 29.6 Å². The fourth-order valence-corrected chi connectivity index (χ4v) is 2.23. The maximum Gasteiger partial charge on any atom is 0.331 e. The number of nitrogens with zero attached hydrogens (tertiary/aromatic N) is 5. The number of hydrogen-bond donors (Lipinski definition) is 0. The van der Waals surface area contributed by atoms with Crippen molar-refractivity contribution in [2.24, 2.45) is 7.05 Å². The Morgan fingerprint density at radius 3 is 2.40 bits per heavy atom. The van der Waals surface area contributed by atoms with Crippen LogP contribution in [-0.2, 0) is 21.4 Å². The molecular formula is C16H18ClN5O3. The molecule has 25 heavy (non-hydrogen) atoms. The lowest BCUT2D eigenvalue weighted by molar-refractivity contribution is -0.148. The van der Waals surface area contributed by atoms with Crippen molar-refractivity contribution in [3.05, 3.63) is 22.5 Å². The molecule has 1 heterocycles. The van der Waals surface area contributed by atoms with Crippen LogP contribution in [0.5, 0.6) is 0 Å². The van der Waals surface area contributed by atoms with E-state index in [1.807, 2.05) is 12.1 Å². The van der Waals surface area contributed by atoms with Crippen molar-refractivity contribution in [2.45, 2.75) is 19.8 Å². The van der Waals surface area contributed by atoms with Crippen LogP contribution in [0.15, 0.2) is 6.08 Å². The van der Waals surface area contributed by atoms with E-state index in [-0.39, 0.29) is 25.9 Å². The molecule has 132 valence electrons. The van der Waals surface area contributed by atoms with Gasteiger partial charge in [0.15, 0.2) is 6.61 Å². The molecule has 9 heteroatoms. The molecule has 0 aliphatic rings. The smallest absolute Gasteiger partial charge is 0.331 e. The van der Waals surface area contributed by atoms with E-state index in [1.54, 1.807) is 14.0 Å². The van der Waals surface area contributed by atoms with Crippen molar-refractivity contribution >= 4 is 29.6 Å². The number of rotatable bonds is 8. The van der Waals surface area contributed by atoms with Crippen LogP contribution in [-0.4, -0.2) is 46.3 Å². The molecule has 1 aromatic rings. The SMILES string of the molecule is Cc1nn(C)c(Cl)c1/C=C/C(=O)OCC(=O)N(CCC#N)CCC#N. The quantitative estimate of drug-likeness (QED) is 0.512. The summed E-state index contributed by atoms with van der Waals surface area (Å²) < 4.78 is 6.38. The molecule has 0 unspecified atom stereocenters. The summed E-state index contributed by atoms with van der Waals surface area (Å²) >= 11 is 6.05. The van der Waals surface area contributed by atoms with Crippen molar-refractivity contribution in [2.75, 3.05) is 19.7 Å². The zero-order chi connectivity index (χ0) is 18.8. The maximum atomic E-state index is 12.0. The first kappa shape index (κ1) is 20.2. The summed E-state index contributed by atoms with van der Waals surface area (Å²) in [7, 11) is 1.68. The fourth-order valence-electron chi connectivity index (χ4n) is 1.99. The molecule has 0 saturated heterocycles. The van der Waals surface area contributed by atoms with E-state index >= 15 is 0 Å². The third-order valence-electron chi connectivity index (χ3n) is 3.26. The highest BCUT2D eigenvalue weighted by Gasteiger charge is 2.15. The molecule has 1 amide bonds.